The third-order valence-electron chi connectivity index (χ3n) is 2.91. The predicted octanol–water partition coefficient (Wildman–Crippen LogP) is 2.13. The van der Waals surface area contributed by atoms with E-state index in [0.717, 1.165) is 17.3 Å². The molecular formula is C12H16BrNO3S. The molecule has 1 atom stereocenters. The number of nitrogen functional groups attached to an aromatic ring is 1. The lowest BCUT2D eigenvalue weighted by Crippen LogP contribution is -2.21. The SMILES string of the molecule is Nc1cc(CS(=O)(=O)CC2CCCO2)ccc1Br. The van der Waals surface area contributed by atoms with Gasteiger partial charge in [0.05, 0.1) is 17.6 Å². The summed E-state index contributed by atoms with van der Waals surface area (Å²) in [6.45, 7) is 0.672. The van der Waals surface area contributed by atoms with Crippen LogP contribution < -0.4 is 5.73 Å². The molecule has 1 saturated heterocycles. The summed E-state index contributed by atoms with van der Waals surface area (Å²) in [6.07, 6.45) is 1.65. The van der Waals surface area contributed by atoms with Crippen LogP contribution in [0.2, 0.25) is 0 Å². The summed E-state index contributed by atoms with van der Waals surface area (Å²) in [5.41, 5.74) is 7.01. The molecule has 18 heavy (non-hydrogen) atoms. The highest BCUT2D eigenvalue weighted by molar-refractivity contribution is 9.10. The van der Waals surface area contributed by atoms with Gasteiger partial charge in [0.1, 0.15) is 0 Å². The second-order valence-corrected chi connectivity index (χ2v) is 7.51. The Kier molecular flexibility index (Phi) is 4.29. The zero-order chi connectivity index (χ0) is 13.2. The molecule has 1 fully saturated rings. The lowest BCUT2D eigenvalue weighted by Gasteiger charge is -2.10. The van der Waals surface area contributed by atoms with E-state index in [0.29, 0.717) is 17.9 Å². The van der Waals surface area contributed by atoms with Crippen molar-refractivity contribution in [3.8, 4) is 0 Å². The van der Waals surface area contributed by atoms with E-state index in [1.165, 1.54) is 0 Å². The van der Waals surface area contributed by atoms with E-state index in [1.807, 2.05) is 0 Å². The van der Waals surface area contributed by atoms with E-state index in [2.05, 4.69) is 15.9 Å². The van der Waals surface area contributed by atoms with Crippen LogP contribution in [0, 0.1) is 0 Å². The van der Waals surface area contributed by atoms with Gasteiger partial charge < -0.3 is 10.5 Å². The summed E-state index contributed by atoms with van der Waals surface area (Å²) >= 11 is 3.29. The lowest BCUT2D eigenvalue weighted by atomic mass is 10.2. The molecule has 0 spiro atoms. The number of sulfone groups is 1. The zero-order valence-corrected chi connectivity index (χ0v) is 12.3. The van der Waals surface area contributed by atoms with Gasteiger partial charge in [-0.1, -0.05) is 6.07 Å². The average molecular weight is 334 g/mol. The third-order valence-corrected chi connectivity index (χ3v) is 5.29. The normalized spacial score (nSPS) is 20.2. The van der Waals surface area contributed by atoms with E-state index in [9.17, 15) is 8.42 Å². The largest absolute Gasteiger partial charge is 0.398 e. The molecule has 1 aliphatic heterocycles. The fourth-order valence-electron chi connectivity index (χ4n) is 2.05. The van der Waals surface area contributed by atoms with Gasteiger partial charge in [-0.2, -0.15) is 0 Å². The van der Waals surface area contributed by atoms with Crippen LogP contribution in [-0.4, -0.2) is 26.9 Å². The molecule has 6 heteroatoms. The fraction of sp³-hybridized carbons (Fsp3) is 0.500. The highest BCUT2D eigenvalue weighted by atomic mass is 79.9. The van der Waals surface area contributed by atoms with Crippen molar-refractivity contribution in [2.75, 3.05) is 18.1 Å². The summed E-state index contributed by atoms with van der Waals surface area (Å²) in [5.74, 6) is 0.118. The average Bonchev–Trinajstić information content (AvgIpc) is 2.75. The van der Waals surface area contributed by atoms with Crippen LogP contribution in [0.5, 0.6) is 0 Å². The first-order chi connectivity index (χ1) is 8.46. The topological polar surface area (TPSA) is 69.4 Å². The maximum atomic E-state index is 12.0. The number of anilines is 1. The van der Waals surface area contributed by atoms with Gasteiger partial charge in [-0.25, -0.2) is 8.42 Å². The molecule has 4 nitrogen and oxygen atoms in total. The van der Waals surface area contributed by atoms with Crippen LogP contribution in [0.3, 0.4) is 0 Å². The highest BCUT2D eigenvalue weighted by Gasteiger charge is 2.23. The van der Waals surface area contributed by atoms with Crippen LogP contribution in [0.4, 0.5) is 5.69 Å². The molecule has 0 radical (unpaired) electrons. The van der Waals surface area contributed by atoms with Crippen molar-refractivity contribution in [1.82, 2.24) is 0 Å². The van der Waals surface area contributed by atoms with Crippen molar-refractivity contribution in [2.24, 2.45) is 0 Å². The second-order valence-electron chi connectivity index (χ2n) is 4.55. The molecule has 0 aliphatic carbocycles. The minimum absolute atomic E-state index is 0.0182. The molecule has 0 saturated carbocycles. The Bertz CT molecular complexity index is 524. The van der Waals surface area contributed by atoms with Gasteiger partial charge in [0.25, 0.3) is 0 Å². The Balaban J connectivity index is 2.04. The lowest BCUT2D eigenvalue weighted by molar-refractivity contribution is 0.127. The summed E-state index contributed by atoms with van der Waals surface area (Å²) in [7, 11) is -3.14. The first kappa shape index (κ1) is 13.8. The number of hydrogen-bond acceptors (Lipinski definition) is 4. The number of rotatable bonds is 4. The van der Waals surface area contributed by atoms with Gasteiger partial charge in [0.2, 0.25) is 0 Å². The van der Waals surface area contributed by atoms with E-state index < -0.39 is 9.84 Å². The maximum absolute atomic E-state index is 12.0. The fourth-order valence-corrected chi connectivity index (χ4v) is 3.94. The van der Waals surface area contributed by atoms with Crippen LogP contribution in [-0.2, 0) is 20.3 Å². The highest BCUT2D eigenvalue weighted by Crippen LogP contribution is 2.22. The van der Waals surface area contributed by atoms with Gasteiger partial charge in [0, 0.05) is 16.8 Å². The van der Waals surface area contributed by atoms with Crippen molar-refractivity contribution in [3.05, 3.63) is 28.2 Å². The number of nitrogens with two attached hydrogens (primary N) is 1. The molecule has 1 aromatic carbocycles. The Labute approximate surface area is 116 Å². The van der Waals surface area contributed by atoms with Crippen LogP contribution in [0.15, 0.2) is 22.7 Å². The van der Waals surface area contributed by atoms with E-state index in [4.69, 9.17) is 10.5 Å². The molecule has 2 rings (SSSR count). The molecular weight excluding hydrogens is 318 g/mol. The Morgan fingerprint density at radius 2 is 2.22 bits per heavy atom. The number of hydrogen-bond donors (Lipinski definition) is 1. The summed E-state index contributed by atoms with van der Waals surface area (Å²) in [4.78, 5) is 0. The van der Waals surface area contributed by atoms with Gasteiger partial charge in [-0.15, -0.1) is 0 Å². The van der Waals surface area contributed by atoms with Gasteiger partial charge in [-0.05, 0) is 46.5 Å². The van der Waals surface area contributed by atoms with Crippen molar-refractivity contribution >= 4 is 31.5 Å². The molecule has 2 N–H and O–H groups in total. The minimum atomic E-state index is -3.14. The van der Waals surface area contributed by atoms with Crippen molar-refractivity contribution in [3.63, 3.8) is 0 Å². The monoisotopic (exact) mass is 333 g/mol. The smallest absolute Gasteiger partial charge is 0.156 e. The molecule has 100 valence electrons. The minimum Gasteiger partial charge on any atom is -0.398 e. The van der Waals surface area contributed by atoms with Crippen LogP contribution in [0.1, 0.15) is 18.4 Å². The molecule has 1 aromatic rings. The number of benzene rings is 1. The molecule has 1 unspecified atom stereocenters. The van der Waals surface area contributed by atoms with Gasteiger partial charge in [-0.3, -0.25) is 0 Å². The van der Waals surface area contributed by atoms with Crippen molar-refractivity contribution in [1.29, 1.82) is 0 Å². The Morgan fingerprint density at radius 1 is 1.44 bits per heavy atom. The van der Waals surface area contributed by atoms with Gasteiger partial charge in [0.15, 0.2) is 9.84 Å². The van der Waals surface area contributed by atoms with Crippen LogP contribution >= 0.6 is 15.9 Å². The standard InChI is InChI=1S/C12H16BrNO3S/c13-11-4-3-9(6-12(11)14)7-18(15,16)8-10-2-1-5-17-10/h3-4,6,10H,1-2,5,7-8,14H2. The molecule has 0 amide bonds. The van der Waals surface area contributed by atoms with Gasteiger partial charge >= 0.3 is 0 Å². The Morgan fingerprint density at radius 3 is 2.83 bits per heavy atom. The van der Waals surface area contributed by atoms with E-state index in [1.54, 1.807) is 18.2 Å². The third kappa shape index (κ3) is 3.70. The quantitative estimate of drug-likeness (QED) is 0.857. The van der Waals surface area contributed by atoms with Crippen molar-refractivity contribution in [2.45, 2.75) is 24.7 Å². The molecule has 0 aromatic heterocycles. The molecule has 1 aliphatic rings. The summed E-state index contributed by atoms with van der Waals surface area (Å²) in [5, 5.41) is 0. The number of halogens is 1. The maximum Gasteiger partial charge on any atom is 0.156 e. The molecule has 0 bridgehead atoms. The van der Waals surface area contributed by atoms with Crippen molar-refractivity contribution < 1.29 is 13.2 Å². The van der Waals surface area contributed by atoms with E-state index in [-0.39, 0.29) is 17.6 Å². The molecule has 1 heterocycles. The van der Waals surface area contributed by atoms with E-state index >= 15 is 0 Å². The number of ether oxygens (including phenoxy) is 1. The summed E-state index contributed by atoms with van der Waals surface area (Å²) in [6, 6.07) is 5.23. The zero-order valence-electron chi connectivity index (χ0n) is 9.93. The van der Waals surface area contributed by atoms with Crippen LogP contribution in [0.25, 0.3) is 0 Å². The summed E-state index contributed by atoms with van der Waals surface area (Å²) < 4.78 is 30.2. The Hall–Kier alpha value is -0.590. The first-order valence-electron chi connectivity index (χ1n) is 5.82. The second kappa shape index (κ2) is 5.59. The predicted molar refractivity (Wildman–Crippen MR) is 75.0 cm³/mol. The first-order valence-corrected chi connectivity index (χ1v) is 8.44.